The Morgan fingerprint density at radius 2 is 2.15 bits per heavy atom. The number of rotatable bonds is 2. The molecule has 0 aliphatic rings. The van der Waals surface area contributed by atoms with Gasteiger partial charge >= 0.3 is 0 Å². The molecule has 4 heteroatoms. The van der Waals surface area contributed by atoms with Crippen molar-refractivity contribution in [1.29, 1.82) is 0 Å². The van der Waals surface area contributed by atoms with Crippen molar-refractivity contribution in [2.24, 2.45) is 4.99 Å². The summed E-state index contributed by atoms with van der Waals surface area (Å²) < 4.78 is 24.6. The zero-order chi connectivity index (χ0) is 9.84. The molecule has 0 fully saturated rings. The van der Waals surface area contributed by atoms with E-state index in [1.165, 1.54) is 31.2 Å². The van der Waals surface area contributed by atoms with Crippen LogP contribution in [-0.4, -0.2) is 6.08 Å². The maximum absolute atomic E-state index is 12.3. The van der Waals surface area contributed by atoms with Crippen molar-refractivity contribution >= 4 is 11.8 Å². The first-order valence-corrected chi connectivity index (χ1v) is 3.62. The number of isocyanates is 1. The molecule has 0 atom stereocenters. The Balaban J connectivity index is 3.25. The summed E-state index contributed by atoms with van der Waals surface area (Å²) in [4.78, 5) is 13.2. The minimum Gasteiger partial charge on any atom is -0.211 e. The lowest BCUT2D eigenvalue weighted by molar-refractivity contribution is 0.150. The van der Waals surface area contributed by atoms with Gasteiger partial charge in [0.15, 0.2) is 0 Å². The molecule has 0 spiro atoms. The Morgan fingerprint density at radius 3 is 2.69 bits per heavy atom. The van der Waals surface area contributed by atoms with E-state index in [1.807, 2.05) is 0 Å². The SMILES string of the molecule is Cc1c(N=C=O)cccc1C(F)F. The summed E-state index contributed by atoms with van der Waals surface area (Å²) in [5, 5.41) is 0. The number of hydrogen-bond donors (Lipinski definition) is 0. The van der Waals surface area contributed by atoms with Crippen LogP contribution in [0.5, 0.6) is 0 Å². The summed E-state index contributed by atoms with van der Waals surface area (Å²) in [5.74, 6) is 0. The van der Waals surface area contributed by atoms with Crippen LogP contribution in [-0.2, 0) is 4.79 Å². The predicted octanol–water partition coefficient (Wildman–Crippen LogP) is 2.90. The molecule has 2 nitrogen and oxygen atoms in total. The maximum atomic E-state index is 12.3. The van der Waals surface area contributed by atoms with Gasteiger partial charge in [-0.05, 0) is 18.6 Å². The van der Waals surface area contributed by atoms with E-state index in [0.717, 1.165) is 0 Å². The summed E-state index contributed by atoms with van der Waals surface area (Å²) in [5.41, 5.74) is 0.463. The average molecular weight is 183 g/mol. The van der Waals surface area contributed by atoms with E-state index >= 15 is 0 Å². The van der Waals surface area contributed by atoms with Crippen molar-refractivity contribution in [2.75, 3.05) is 0 Å². The number of benzene rings is 1. The first kappa shape index (κ1) is 9.55. The largest absolute Gasteiger partial charge is 0.264 e. The normalized spacial score (nSPS) is 9.85. The topological polar surface area (TPSA) is 29.4 Å². The van der Waals surface area contributed by atoms with E-state index in [-0.39, 0.29) is 11.3 Å². The zero-order valence-corrected chi connectivity index (χ0v) is 6.92. The van der Waals surface area contributed by atoms with Gasteiger partial charge in [-0.1, -0.05) is 12.1 Å². The fraction of sp³-hybridized carbons (Fsp3) is 0.222. The van der Waals surface area contributed by atoms with Crippen LogP contribution in [0.4, 0.5) is 14.5 Å². The molecule has 0 radical (unpaired) electrons. The van der Waals surface area contributed by atoms with Crippen LogP contribution in [0.1, 0.15) is 17.6 Å². The Hall–Kier alpha value is -1.54. The van der Waals surface area contributed by atoms with E-state index in [4.69, 9.17) is 0 Å². The number of carbonyl (C=O) groups excluding carboxylic acids is 1. The predicted molar refractivity (Wildman–Crippen MR) is 43.9 cm³/mol. The Morgan fingerprint density at radius 1 is 1.46 bits per heavy atom. The zero-order valence-electron chi connectivity index (χ0n) is 6.92. The first-order valence-electron chi connectivity index (χ1n) is 3.62. The van der Waals surface area contributed by atoms with Crippen molar-refractivity contribution in [3.05, 3.63) is 29.3 Å². The van der Waals surface area contributed by atoms with Crippen LogP contribution in [0.2, 0.25) is 0 Å². The van der Waals surface area contributed by atoms with Crippen LogP contribution in [0.15, 0.2) is 23.2 Å². The third-order valence-corrected chi connectivity index (χ3v) is 1.75. The highest BCUT2D eigenvalue weighted by atomic mass is 19.3. The molecule has 1 aromatic carbocycles. The Kier molecular flexibility index (Phi) is 2.88. The number of nitrogens with zero attached hydrogens (tertiary/aromatic N) is 1. The van der Waals surface area contributed by atoms with E-state index in [0.29, 0.717) is 5.56 Å². The third kappa shape index (κ3) is 1.98. The van der Waals surface area contributed by atoms with Gasteiger partial charge in [0.25, 0.3) is 6.43 Å². The summed E-state index contributed by atoms with van der Waals surface area (Å²) in [6.07, 6.45) is -1.22. The lowest BCUT2D eigenvalue weighted by Crippen LogP contribution is -1.88. The summed E-state index contributed by atoms with van der Waals surface area (Å²) in [6, 6.07) is 4.24. The molecule has 0 saturated carbocycles. The van der Waals surface area contributed by atoms with Crippen molar-refractivity contribution in [3.63, 3.8) is 0 Å². The lowest BCUT2D eigenvalue weighted by atomic mass is 10.1. The Labute approximate surface area is 73.9 Å². The fourth-order valence-corrected chi connectivity index (χ4v) is 1.05. The standard InChI is InChI=1S/C9H7F2NO/c1-6-7(9(10)11)3-2-4-8(6)12-5-13/h2-4,9H,1H3. The van der Waals surface area contributed by atoms with Crippen molar-refractivity contribution in [3.8, 4) is 0 Å². The van der Waals surface area contributed by atoms with Gasteiger partial charge in [-0.15, -0.1) is 0 Å². The first-order chi connectivity index (χ1) is 6.16. The van der Waals surface area contributed by atoms with Gasteiger partial charge in [-0.25, -0.2) is 13.6 Å². The van der Waals surface area contributed by atoms with Crippen LogP contribution < -0.4 is 0 Å². The average Bonchev–Trinajstić information content (AvgIpc) is 2.08. The molecule has 0 N–H and O–H groups in total. The molecule has 0 aromatic heterocycles. The molecule has 0 heterocycles. The highest BCUT2D eigenvalue weighted by molar-refractivity contribution is 5.55. The molecule has 13 heavy (non-hydrogen) atoms. The van der Waals surface area contributed by atoms with Crippen molar-refractivity contribution < 1.29 is 13.6 Å². The molecule has 0 saturated heterocycles. The van der Waals surface area contributed by atoms with E-state index in [9.17, 15) is 13.6 Å². The lowest BCUT2D eigenvalue weighted by Gasteiger charge is -2.05. The third-order valence-electron chi connectivity index (χ3n) is 1.75. The molecular weight excluding hydrogens is 176 g/mol. The number of aliphatic imine (C=N–C) groups is 1. The highest BCUT2D eigenvalue weighted by Crippen LogP contribution is 2.28. The second-order valence-corrected chi connectivity index (χ2v) is 2.50. The van der Waals surface area contributed by atoms with Gasteiger partial charge in [-0.2, -0.15) is 4.99 Å². The molecule has 1 aromatic rings. The van der Waals surface area contributed by atoms with Gasteiger partial charge in [-0.3, -0.25) is 0 Å². The minimum atomic E-state index is -2.54. The number of alkyl halides is 2. The van der Waals surface area contributed by atoms with Gasteiger partial charge in [0.05, 0.1) is 5.69 Å². The van der Waals surface area contributed by atoms with Crippen LogP contribution in [0, 0.1) is 6.92 Å². The van der Waals surface area contributed by atoms with Gasteiger partial charge in [0.2, 0.25) is 6.08 Å². The molecule has 68 valence electrons. The second kappa shape index (κ2) is 3.92. The monoisotopic (exact) mass is 183 g/mol. The second-order valence-electron chi connectivity index (χ2n) is 2.50. The van der Waals surface area contributed by atoms with Crippen LogP contribution in [0.3, 0.4) is 0 Å². The molecule has 0 bridgehead atoms. The van der Waals surface area contributed by atoms with Gasteiger partial charge in [0, 0.05) is 5.56 Å². The molecule has 0 amide bonds. The molecule has 1 rings (SSSR count). The fourth-order valence-electron chi connectivity index (χ4n) is 1.05. The molecule has 0 unspecified atom stereocenters. The molecular formula is C9H7F2NO. The maximum Gasteiger partial charge on any atom is 0.264 e. The Bertz CT molecular complexity index is 357. The van der Waals surface area contributed by atoms with E-state index in [1.54, 1.807) is 0 Å². The van der Waals surface area contributed by atoms with Gasteiger partial charge < -0.3 is 0 Å². The summed E-state index contributed by atoms with van der Waals surface area (Å²) in [6.45, 7) is 1.50. The van der Waals surface area contributed by atoms with Crippen LogP contribution in [0.25, 0.3) is 0 Å². The molecule has 0 aliphatic heterocycles. The number of hydrogen-bond acceptors (Lipinski definition) is 2. The van der Waals surface area contributed by atoms with Crippen molar-refractivity contribution in [1.82, 2.24) is 0 Å². The number of halogens is 2. The smallest absolute Gasteiger partial charge is 0.211 e. The highest BCUT2D eigenvalue weighted by Gasteiger charge is 2.11. The summed E-state index contributed by atoms with van der Waals surface area (Å²) in [7, 11) is 0. The van der Waals surface area contributed by atoms with Crippen molar-refractivity contribution in [2.45, 2.75) is 13.3 Å². The van der Waals surface area contributed by atoms with Gasteiger partial charge in [0.1, 0.15) is 0 Å². The van der Waals surface area contributed by atoms with E-state index < -0.39 is 6.43 Å². The molecule has 0 aliphatic carbocycles. The van der Waals surface area contributed by atoms with Crippen LogP contribution >= 0.6 is 0 Å². The summed E-state index contributed by atoms with van der Waals surface area (Å²) >= 11 is 0. The van der Waals surface area contributed by atoms with E-state index in [2.05, 4.69) is 4.99 Å². The minimum absolute atomic E-state index is 0.100. The quantitative estimate of drug-likeness (QED) is 0.512.